The fourth-order valence-corrected chi connectivity index (χ4v) is 2.87. The van der Waals surface area contributed by atoms with Crippen LogP contribution in [0.25, 0.3) is 0 Å². The fraction of sp³-hybridized carbons (Fsp3) is 0.133. The summed E-state index contributed by atoms with van der Waals surface area (Å²) in [5.74, 6) is 0.368. The number of dihydropyridines is 1. The van der Waals surface area contributed by atoms with Crippen LogP contribution in [0.4, 0.5) is 5.69 Å². The lowest BCUT2D eigenvalue weighted by Crippen LogP contribution is -2.23. The lowest BCUT2D eigenvalue weighted by atomic mass is 9.82. The van der Waals surface area contributed by atoms with Gasteiger partial charge in [0, 0.05) is 17.6 Å². The van der Waals surface area contributed by atoms with Gasteiger partial charge >= 0.3 is 0 Å². The zero-order valence-electron chi connectivity index (χ0n) is 9.30. The molecule has 82 valence electrons. The monoisotopic (exact) mass is 220 g/mol. The Balaban J connectivity index is 1.89. The average Bonchev–Trinajstić information content (AvgIpc) is 2.77. The van der Waals surface area contributed by atoms with Crippen molar-refractivity contribution in [2.45, 2.75) is 12.0 Å². The lowest BCUT2D eigenvalue weighted by Gasteiger charge is -2.27. The van der Waals surface area contributed by atoms with Crippen molar-refractivity contribution in [3.63, 3.8) is 0 Å². The highest BCUT2D eigenvalue weighted by Crippen LogP contribution is 2.45. The highest BCUT2D eigenvalue weighted by Gasteiger charge is 2.36. The first-order valence-corrected chi connectivity index (χ1v) is 5.91. The van der Waals surface area contributed by atoms with Gasteiger partial charge in [-0.05, 0) is 29.4 Å². The largest absolute Gasteiger partial charge is 0.358 e. The Morgan fingerprint density at radius 3 is 3.06 bits per heavy atom. The third-order valence-electron chi connectivity index (χ3n) is 3.64. The number of para-hydroxylation sites is 1. The molecule has 0 bridgehead atoms. The molecule has 0 saturated carbocycles. The van der Waals surface area contributed by atoms with E-state index < -0.39 is 0 Å². The van der Waals surface area contributed by atoms with Crippen LogP contribution in [0.3, 0.4) is 0 Å². The molecule has 2 aliphatic heterocycles. The molecular formula is C15H12N2. The van der Waals surface area contributed by atoms with Gasteiger partial charge < -0.3 is 5.32 Å². The van der Waals surface area contributed by atoms with Gasteiger partial charge in [-0.15, -0.1) is 0 Å². The Kier molecular flexibility index (Phi) is 1.69. The molecule has 0 amide bonds. The van der Waals surface area contributed by atoms with Crippen LogP contribution < -0.4 is 5.32 Å². The Morgan fingerprint density at radius 2 is 2.06 bits per heavy atom. The molecule has 0 saturated heterocycles. The summed E-state index contributed by atoms with van der Waals surface area (Å²) in [7, 11) is 0. The number of aliphatic imine (C=N–C) groups is 1. The molecule has 3 aliphatic rings. The minimum absolute atomic E-state index is 0.246. The molecule has 0 radical (unpaired) electrons. The fourth-order valence-electron chi connectivity index (χ4n) is 2.87. The quantitative estimate of drug-likeness (QED) is 0.714. The van der Waals surface area contributed by atoms with Crippen LogP contribution in [0.15, 0.2) is 64.8 Å². The minimum Gasteiger partial charge on any atom is -0.358 e. The molecule has 0 unspecified atom stereocenters. The standard InChI is InChI=1S/C15H12N2/c1-2-6-12-11(5-1)14-13(17-12)8-7-10-4-3-9-16-15(10)14/h1-9,14-15,17H/t14-,15-/m0/s1. The molecule has 0 spiro atoms. The third-order valence-corrected chi connectivity index (χ3v) is 3.64. The molecule has 1 aromatic rings. The summed E-state index contributed by atoms with van der Waals surface area (Å²) >= 11 is 0. The first-order valence-electron chi connectivity index (χ1n) is 5.91. The van der Waals surface area contributed by atoms with Gasteiger partial charge in [0.2, 0.25) is 0 Å². The molecule has 0 fully saturated rings. The number of allylic oxidation sites excluding steroid dienone is 3. The van der Waals surface area contributed by atoms with Crippen molar-refractivity contribution in [2.24, 2.45) is 4.99 Å². The van der Waals surface area contributed by atoms with Gasteiger partial charge in [-0.2, -0.15) is 0 Å². The molecule has 2 nitrogen and oxygen atoms in total. The van der Waals surface area contributed by atoms with E-state index in [4.69, 9.17) is 0 Å². The van der Waals surface area contributed by atoms with Crippen molar-refractivity contribution >= 4 is 11.9 Å². The maximum Gasteiger partial charge on any atom is 0.0873 e. The average molecular weight is 220 g/mol. The molecule has 2 heterocycles. The second-order valence-electron chi connectivity index (χ2n) is 4.58. The highest BCUT2D eigenvalue weighted by molar-refractivity contribution is 5.77. The Bertz CT molecular complexity index is 605. The normalized spacial score (nSPS) is 27.5. The van der Waals surface area contributed by atoms with Gasteiger partial charge in [0.05, 0.1) is 12.0 Å². The van der Waals surface area contributed by atoms with Gasteiger partial charge in [-0.3, -0.25) is 4.99 Å². The SMILES string of the molecule is C1=CC2=CC=C3Nc4ccccc4[C@@H]3[C@H]2N=C1. The van der Waals surface area contributed by atoms with Crippen LogP contribution in [0, 0.1) is 0 Å². The zero-order chi connectivity index (χ0) is 11.2. The van der Waals surface area contributed by atoms with Gasteiger partial charge in [-0.1, -0.05) is 30.4 Å². The summed E-state index contributed by atoms with van der Waals surface area (Å²) in [5.41, 5.74) is 5.16. The van der Waals surface area contributed by atoms with Gasteiger partial charge in [0.1, 0.15) is 0 Å². The number of nitrogens with zero attached hydrogens (tertiary/aromatic N) is 1. The predicted molar refractivity (Wildman–Crippen MR) is 70.4 cm³/mol. The second kappa shape index (κ2) is 3.20. The van der Waals surface area contributed by atoms with E-state index in [9.17, 15) is 0 Å². The first kappa shape index (κ1) is 8.99. The smallest absolute Gasteiger partial charge is 0.0873 e. The number of fused-ring (bicyclic) bond motifs is 5. The van der Waals surface area contributed by atoms with E-state index in [0.717, 1.165) is 0 Å². The van der Waals surface area contributed by atoms with E-state index in [1.54, 1.807) is 0 Å². The number of hydrogen-bond acceptors (Lipinski definition) is 2. The van der Waals surface area contributed by atoms with Crippen molar-refractivity contribution in [2.75, 3.05) is 5.32 Å². The van der Waals surface area contributed by atoms with E-state index in [-0.39, 0.29) is 6.04 Å². The van der Waals surface area contributed by atoms with Gasteiger partial charge in [0.15, 0.2) is 0 Å². The minimum atomic E-state index is 0.246. The number of hydrogen-bond donors (Lipinski definition) is 1. The summed E-state index contributed by atoms with van der Waals surface area (Å²) in [6.45, 7) is 0. The second-order valence-corrected chi connectivity index (χ2v) is 4.58. The van der Waals surface area contributed by atoms with Crippen molar-refractivity contribution in [1.82, 2.24) is 0 Å². The Morgan fingerprint density at radius 1 is 1.12 bits per heavy atom. The topological polar surface area (TPSA) is 24.4 Å². The molecule has 17 heavy (non-hydrogen) atoms. The van der Waals surface area contributed by atoms with Crippen LogP contribution in [-0.4, -0.2) is 12.3 Å². The Hall–Kier alpha value is -2.09. The van der Waals surface area contributed by atoms with E-state index >= 15 is 0 Å². The number of rotatable bonds is 0. The maximum absolute atomic E-state index is 4.63. The van der Waals surface area contributed by atoms with Crippen molar-refractivity contribution in [3.05, 3.63) is 65.4 Å². The van der Waals surface area contributed by atoms with Crippen molar-refractivity contribution in [3.8, 4) is 0 Å². The van der Waals surface area contributed by atoms with Crippen molar-refractivity contribution in [1.29, 1.82) is 0 Å². The third kappa shape index (κ3) is 1.18. The maximum atomic E-state index is 4.63. The molecule has 2 atom stereocenters. The molecule has 0 aromatic heterocycles. The first-order chi connectivity index (χ1) is 8.43. The van der Waals surface area contributed by atoms with E-state index in [2.05, 4.69) is 52.8 Å². The van der Waals surface area contributed by atoms with Crippen LogP contribution in [0.2, 0.25) is 0 Å². The molecule has 4 rings (SSSR count). The molecule has 1 N–H and O–H groups in total. The van der Waals surface area contributed by atoms with E-state index in [0.29, 0.717) is 5.92 Å². The van der Waals surface area contributed by atoms with Gasteiger partial charge in [0.25, 0.3) is 0 Å². The zero-order valence-corrected chi connectivity index (χ0v) is 9.30. The molecule has 1 aromatic carbocycles. The van der Waals surface area contributed by atoms with Crippen LogP contribution in [0.5, 0.6) is 0 Å². The summed E-state index contributed by atoms with van der Waals surface area (Å²) in [6.07, 6.45) is 10.4. The van der Waals surface area contributed by atoms with Crippen LogP contribution >= 0.6 is 0 Å². The summed E-state index contributed by atoms with van der Waals surface area (Å²) in [5, 5.41) is 3.49. The Labute approximate surface area is 100 Å². The lowest BCUT2D eigenvalue weighted by molar-refractivity contribution is 0.681. The van der Waals surface area contributed by atoms with Gasteiger partial charge in [-0.25, -0.2) is 0 Å². The summed E-state index contributed by atoms with van der Waals surface area (Å²) in [6, 6.07) is 8.75. The molecular weight excluding hydrogens is 208 g/mol. The summed E-state index contributed by atoms with van der Waals surface area (Å²) < 4.78 is 0. The van der Waals surface area contributed by atoms with Crippen LogP contribution in [-0.2, 0) is 0 Å². The van der Waals surface area contributed by atoms with Crippen molar-refractivity contribution < 1.29 is 0 Å². The molecule has 1 aliphatic carbocycles. The predicted octanol–water partition coefficient (Wildman–Crippen LogP) is 3.03. The summed E-state index contributed by atoms with van der Waals surface area (Å²) in [4.78, 5) is 4.63. The van der Waals surface area contributed by atoms with E-state index in [1.807, 2.05) is 12.3 Å². The van der Waals surface area contributed by atoms with E-state index in [1.165, 1.54) is 22.5 Å². The number of anilines is 1. The number of benzene rings is 1. The number of nitrogens with one attached hydrogen (secondary N) is 1. The highest BCUT2D eigenvalue weighted by atomic mass is 15.0. The molecule has 2 heteroatoms. The van der Waals surface area contributed by atoms with Crippen LogP contribution in [0.1, 0.15) is 11.5 Å².